The summed E-state index contributed by atoms with van der Waals surface area (Å²) in [7, 11) is 0. The van der Waals surface area contributed by atoms with E-state index in [-0.39, 0.29) is 0 Å². The molecule has 1 rings (SSSR count). The molecular weight excluding hydrogens is 270 g/mol. The zero-order valence-corrected chi connectivity index (χ0v) is 13.1. The number of amides is 1. The molecule has 0 aromatic heterocycles. The predicted molar refractivity (Wildman–Crippen MR) is 80.1 cm³/mol. The highest BCUT2D eigenvalue weighted by Crippen LogP contribution is 2.09. The quantitative estimate of drug-likeness (QED) is 0.597. The van der Waals surface area contributed by atoms with Gasteiger partial charge in [0.1, 0.15) is 0 Å². The third-order valence-corrected chi connectivity index (χ3v) is 3.16. The summed E-state index contributed by atoms with van der Waals surface area (Å²) in [5.74, 6) is -0.502. The summed E-state index contributed by atoms with van der Waals surface area (Å²) in [5.41, 5.74) is 1.59. The topological polar surface area (TPSA) is 55.8 Å². The molecule has 5 nitrogen and oxygen atoms in total. The van der Waals surface area contributed by atoms with Crippen molar-refractivity contribution < 1.29 is 19.1 Å². The first-order chi connectivity index (χ1) is 10.0. The average molecular weight is 293 g/mol. The monoisotopic (exact) mass is 293 g/mol. The maximum Gasteiger partial charge on any atom is 0.412 e. The van der Waals surface area contributed by atoms with Crippen LogP contribution in [0.5, 0.6) is 0 Å². The van der Waals surface area contributed by atoms with Crippen LogP contribution in [0.3, 0.4) is 0 Å². The fourth-order valence-electron chi connectivity index (χ4n) is 1.82. The molecule has 0 saturated carbocycles. The van der Waals surface area contributed by atoms with Crippen LogP contribution < -0.4 is 0 Å². The molecule has 116 valence electrons. The van der Waals surface area contributed by atoms with Crippen molar-refractivity contribution in [1.29, 1.82) is 0 Å². The van der Waals surface area contributed by atoms with E-state index in [0.717, 1.165) is 12.0 Å². The first-order valence-electron chi connectivity index (χ1n) is 7.27. The van der Waals surface area contributed by atoms with Crippen LogP contribution in [0.15, 0.2) is 24.3 Å². The summed E-state index contributed by atoms with van der Waals surface area (Å²) in [6.45, 7) is 8.39. The van der Waals surface area contributed by atoms with Crippen molar-refractivity contribution in [2.45, 2.75) is 40.4 Å². The van der Waals surface area contributed by atoms with Crippen molar-refractivity contribution in [2.24, 2.45) is 0 Å². The molecule has 21 heavy (non-hydrogen) atoms. The highest BCUT2D eigenvalue weighted by molar-refractivity contribution is 5.89. The summed E-state index contributed by atoms with van der Waals surface area (Å²) in [5, 5.41) is 0. The standard InChI is InChI=1S/C16H23NO4/c1-5-13-8-10-14(11-9-13)15(18)20-12(4)21-16(19)17(6-2)7-3/h8-12H,5-7H2,1-4H3. The van der Waals surface area contributed by atoms with Gasteiger partial charge in [0.15, 0.2) is 0 Å². The summed E-state index contributed by atoms with van der Waals surface area (Å²) in [6, 6.07) is 7.17. The van der Waals surface area contributed by atoms with Crippen molar-refractivity contribution in [3.8, 4) is 0 Å². The third kappa shape index (κ3) is 5.10. The Bertz CT molecular complexity index is 466. The number of carbonyl (C=O) groups is 2. The van der Waals surface area contributed by atoms with Crippen LogP contribution in [0.25, 0.3) is 0 Å². The Morgan fingerprint density at radius 2 is 1.62 bits per heavy atom. The largest absolute Gasteiger partial charge is 0.422 e. The lowest BCUT2D eigenvalue weighted by atomic mass is 10.1. The molecule has 1 atom stereocenters. The van der Waals surface area contributed by atoms with Crippen LogP contribution in [-0.2, 0) is 15.9 Å². The van der Waals surface area contributed by atoms with Gasteiger partial charge in [-0.25, -0.2) is 9.59 Å². The Morgan fingerprint density at radius 3 is 2.10 bits per heavy atom. The first-order valence-corrected chi connectivity index (χ1v) is 7.27. The van der Waals surface area contributed by atoms with Crippen LogP contribution in [0, 0.1) is 0 Å². The van der Waals surface area contributed by atoms with E-state index in [1.54, 1.807) is 12.1 Å². The second-order valence-electron chi connectivity index (χ2n) is 4.58. The summed E-state index contributed by atoms with van der Waals surface area (Å²) < 4.78 is 10.2. The Morgan fingerprint density at radius 1 is 1.05 bits per heavy atom. The lowest BCUT2D eigenvalue weighted by Crippen LogP contribution is -2.34. The summed E-state index contributed by atoms with van der Waals surface area (Å²) in [6.07, 6.45) is -0.495. The third-order valence-electron chi connectivity index (χ3n) is 3.16. The average Bonchev–Trinajstić information content (AvgIpc) is 2.48. The molecule has 1 unspecified atom stereocenters. The zero-order chi connectivity index (χ0) is 15.8. The highest BCUT2D eigenvalue weighted by atomic mass is 16.7. The second-order valence-corrected chi connectivity index (χ2v) is 4.58. The van der Waals surface area contributed by atoms with Crippen molar-refractivity contribution >= 4 is 12.1 Å². The summed E-state index contributed by atoms with van der Waals surface area (Å²) >= 11 is 0. The van der Waals surface area contributed by atoms with E-state index in [4.69, 9.17) is 9.47 Å². The molecule has 1 aromatic carbocycles. The van der Waals surface area contributed by atoms with Gasteiger partial charge in [-0.05, 0) is 38.0 Å². The van der Waals surface area contributed by atoms with Gasteiger partial charge in [0.25, 0.3) is 0 Å². The van der Waals surface area contributed by atoms with Crippen molar-refractivity contribution in [1.82, 2.24) is 4.90 Å². The van der Waals surface area contributed by atoms with E-state index in [0.29, 0.717) is 18.7 Å². The molecule has 0 aliphatic rings. The maximum atomic E-state index is 11.9. The predicted octanol–water partition coefficient (Wildman–Crippen LogP) is 3.23. The Kier molecular flexibility index (Phi) is 6.72. The molecule has 0 saturated heterocycles. The number of hydrogen-bond donors (Lipinski definition) is 0. The molecule has 1 amide bonds. The van der Waals surface area contributed by atoms with Crippen LogP contribution in [-0.4, -0.2) is 36.3 Å². The maximum absolute atomic E-state index is 11.9. The van der Waals surface area contributed by atoms with Gasteiger partial charge in [-0.1, -0.05) is 19.1 Å². The van der Waals surface area contributed by atoms with Crippen LogP contribution >= 0.6 is 0 Å². The van der Waals surface area contributed by atoms with Crippen LogP contribution in [0.1, 0.15) is 43.6 Å². The number of benzene rings is 1. The van der Waals surface area contributed by atoms with Gasteiger partial charge < -0.3 is 14.4 Å². The Balaban J connectivity index is 2.55. The van der Waals surface area contributed by atoms with E-state index in [1.807, 2.05) is 32.9 Å². The first kappa shape index (κ1) is 17.0. The van der Waals surface area contributed by atoms with Crippen molar-refractivity contribution in [2.75, 3.05) is 13.1 Å². The number of rotatable bonds is 6. The van der Waals surface area contributed by atoms with Gasteiger partial charge in [0.05, 0.1) is 5.56 Å². The smallest absolute Gasteiger partial charge is 0.412 e. The minimum absolute atomic E-state index is 0.443. The number of esters is 1. The molecule has 1 aromatic rings. The number of nitrogens with zero attached hydrogens (tertiary/aromatic N) is 1. The number of carbonyl (C=O) groups excluding carboxylic acids is 2. The van der Waals surface area contributed by atoms with Crippen molar-refractivity contribution in [3.63, 3.8) is 0 Å². The van der Waals surface area contributed by atoms with Crippen molar-refractivity contribution in [3.05, 3.63) is 35.4 Å². The fraction of sp³-hybridized carbons (Fsp3) is 0.500. The normalized spacial score (nSPS) is 11.6. The minimum atomic E-state index is -0.920. The molecule has 0 N–H and O–H groups in total. The van der Waals surface area contributed by atoms with Gasteiger partial charge >= 0.3 is 12.1 Å². The van der Waals surface area contributed by atoms with Crippen LogP contribution in [0.2, 0.25) is 0 Å². The molecule has 5 heteroatoms. The summed E-state index contributed by atoms with van der Waals surface area (Å²) in [4.78, 5) is 25.2. The molecule has 0 aliphatic carbocycles. The Labute approximate surface area is 125 Å². The highest BCUT2D eigenvalue weighted by Gasteiger charge is 2.18. The van der Waals surface area contributed by atoms with Gasteiger partial charge in [-0.3, -0.25) is 0 Å². The minimum Gasteiger partial charge on any atom is -0.422 e. The molecule has 0 fully saturated rings. The van der Waals surface area contributed by atoms with E-state index < -0.39 is 18.4 Å². The molecular formula is C16H23NO4. The lowest BCUT2D eigenvalue weighted by molar-refractivity contribution is -0.0686. The molecule has 0 bridgehead atoms. The number of ether oxygens (including phenoxy) is 2. The van der Waals surface area contributed by atoms with E-state index >= 15 is 0 Å². The molecule has 0 radical (unpaired) electrons. The fourth-order valence-corrected chi connectivity index (χ4v) is 1.82. The van der Waals surface area contributed by atoms with Crippen LogP contribution in [0.4, 0.5) is 4.79 Å². The molecule has 0 aliphatic heterocycles. The second kappa shape index (κ2) is 8.29. The van der Waals surface area contributed by atoms with Gasteiger partial charge in [0.2, 0.25) is 6.29 Å². The Hall–Kier alpha value is -2.04. The molecule has 0 heterocycles. The van der Waals surface area contributed by atoms with Gasteiger partial charge in [-0.15, -0.1) is 0 Å². The number of aryl methyl sites for hydroxylation is 1. The zero-order valence-electron chi connectivity index (χ0n) is 13.1. The van der Waals surface area contributed by atoms with E-state index in [1.165, 1.54) is 11.8 Å². The molecule has 0 spiro atoms. The van der Waals surface area contributed by atoms with E-state index in [2.05, 4.69) is 0 Å². The number of hydrogen-bond acceptors (Lipinski definition) is 4. The SMILES string of the molecule is CCc1ccc(C(=O)OC(C)OC(=O)N(CC)CC)cc1. The van der Waals surface area contributed by atoms with Gasteiger partial charge in [-0.2, -0.15) is 0 Å². The lowest BCUT2D eigenvalue weighted by Gasteiger charge is -2.21. The van der Waals surface area contributed by atoms with Gasteiger partial charge in [0, 0.05) is 20.0 Å². The van der Waals surface area contributed by atoms with E-state index in [9.17, 15) is 9.59 Å².